The summed E-state index contributed by atoms with van der Waals surface area (Å²) in [4.78, 5) is 23.9. The minimum Gasteiger partial charge on any atom is -0.308 e. The van der Waals surface area contributed by atoms with Gasteiger partial charge in [0, 0.05) is 13.1 Å². The Kier molecular flexibility index (Phi) is 3.92. The summed E-state index contributed by atoms with van der Waals surface area (Å²) in [5.74, 6) is 0. The summed E-state index contributed by atoms with van der Waals surface area (Å²) in [6.07, 6.45) is 4.84. The molecular formula is C14H17N5O2. The quantitative estimate of drug-likeness (QED) is 0.906. The second-order valence-corrected chi connectivity index (χ2v) is 5.09. The minimum absolute atomic E-state index is 0.491. The van der Waals surface area contributed by atoms with Gasteiger partial charge in [-0.15, -0.1) is 0 Å². The van der Waals surface area contributed by atoms with E-state index in [1.165, 1.54) is 19.3 Å². The number of benzene rings is 1. The average Bonchev–Trinajstić information content (AvgIpc) is 2.78. The lowest BCUT2D eigenvalue weighted by Crippen LogP contribution is -2.40. The Hall–Kier alpha value is -2.28. The summed E-state index contributed by atoms with van der Waals surface area (Å²) >= 11 is 0. The molecule has 0 spiro atoms. The summed E-state index contributed by atoms with van der Waals surface area (Å²) in [5.41, 5.74) is 4.91. The van der Waals surface area contributed by atoms with Gasteiger partial charge in [0.25, 0.3) is 0 Å². The Morgan fingerprint density at radius 2 is 1.48 bits per heavy atom. The third-order valence-corrected chi connectivity index (χ3v) is 3.63. The first-order valence-electron chi connectivity index (χ1n) is 7.16. The first kappa shape index (κ1) is 13.7. The largest absolute Gasteiger partial charge is 0.375 e. The number of hydrogen-bond acceptors (Lipinski definition) is 4. The zero-order chi connectivity index (χ0) is 14.7. The van der Waals surface area contributed by atoms with Crippen LogP contribution in [0.15, 0.2) is 34.5 Å². The highest BCUT2D eigenvalue weighted by atomic mass is 16.2. The molecule has 0 bridgehead atoms. The molecule has 0 aromatic heterocycles. The lowest BCUT2D eigenvalue weighted by molar-refractivity contribution is 0.249. The smallest absolute Gasteiger partial charge is 0.308 e. The third-order valence-electron chi connectivity index (χ3n) is 3.63. The molecule has 0 atom stereocenters. The normalized spacial score (nSPS) is 19.8. The molecule has 0 unspecified atom stereocenters. The summed E-state index contributed by atoms with van der Waals surface area (Å²) < 4.78 is 0. The molecule has 110 valence electrons. The Balaban J connectivity index is 1.74. The zero-order valence-electron chi connectivity index (χ0n) is 11.7. The van der Waals surface area contributed by atoms with Crippen LogP contribution in [0.4, 0.5) is 21.0 Å². The standard InChI is InChI=1S/C14H17N5O2/c20-13-16-17-14(21)19(13)12-7-5-11(6-8-12)18-10-4-2-1-3-9-15-18/h5-8,15H,1-4,9-10H2. The lowest BCUT2D eigenvalue weighted by atomic mass is 10.1. The highest BCUT2D eigenvalue weighted by Crippen LogP contribution is 2.24. The molecule has 3 rings (SSSR count). The summed E-state index contributed by atoms with van der Waals surface area (Å²) in [7, 11) is 0. The van der Waals surface area contributed by atoms with E-state index in [-0.39, 0.29) is 0 Å². The van der Waals surface area contributed by atoms with E-state index >= 15 is 0 Å². The van der Waals surface area contributed by atoms with E-state index in [0.29, 0.717) is 5.69 Å². The zero-order valence-corrected chi connectivity index (χ0v) is 11.7. The van der Waals surface area contributed by atoms with Gasteiger partial charge in [0.15, 0.2) is 0 Å². The number of anilines is 2. The highest BCUT2D eigenvalue weighted by Gasteiger charge is 2.28. The fourth-order valence-corrected chi connectivity index (χ4v) is 2.52. The fraction of sp³-hybridized carbons (Fsp3) is 0.429. The van der Waals surface area contributed by atoms with Crippen molar-refractivity contribution in [2.45, 2.75) is 25.7 Å². The maximum absolute atomic E-state index is 11.5. The van der Waals surface area contributed by atoms with E-state index in [2.05, 4.69) is 20.7 Å². The van der Waals surface area contributed by atoms with Crippen molar-refractivity contribution in [2.24, 2.45) is 10.2 Å². The molecule has 1 aromatic carbocycles. The van der Waals surface area contributed by atoms with E-state index in [1.54, 1.807) is 12.1 Å². The fourth-order valence-electron chi connectivity index (χ4n) is 2.52. The van der Waals surface area contributed by atoms with Gasteiger partial charge in [0.1, 0.15) is 0 Å². The van der Waals surface area contributed by atoms with Gasteiger partial charge in [0.2, 0.25) is 0 Å². The van der Waals surface area contributed by atoms with Crippen molar-refractivity contribution in [3.05, 3.63) is 24.3 Å². The van der Waals surface area contributed by atoms with Gasteiger partial charge in [-0.3, -0.25) is 0 Å². The molecule has 7 nitrogen and oxygen atoms in total. The number of nitrogens with one attached hydrogen (secondary N) is 1. The molecule has 2 heterocycles. The van der Waals surface area contributed by atoms with Crippen molar-refractivity contribution < 1.29 is 9.59 Å². The van der Waals surface area contributed by atoms with Crippen molar-refractivity contribution in [1.82, 2.24) is 5.43 Å². The maximum atomic E-state index is 11.5. The van der Waals surface area contributed by atoms with Gasteiger partial charge in [-0.1, -0.05) is 23.1 Å². The molecule has 1 fully saturated rings. The Bertz CT molecular complexity index is 543. The van der Waals surface area contributed by atoms with Crippen molar-refractivity contribution in [2.75, 3.05) is 23.0 Å². The SMILES string of the molecule is O=C1N=NC(=O)N1c1ccc(N2CCCCCCN2)cc1. The van der Waals surface area contributed by atoms with Crippen LogP contribution in [0.3, 0.4) is 0 Å². The van der Waals surface area contributed by atoms with Gasteiger partial charge in [-0.2, -0.15) is 0 Å². The number of azo groups is 1. The van der Waals surface area contributed by atoms with Crippen molar-refractivity contribution >= 4 is 23.4 Å². The van der Waals surface area contributed by atoms with Crippen molar-refractivity contribution in [1.29, 1.82) is 0 Å². The number of hydrazine groups is 1. The summed E-state index contributed by atoms with van der Waals surface area (Å²) in [6, 6.07) is 5.98. The van der Waals surface area contributed by atoms with Gasteiger partial charge in [-0.25, -0.2) is 19.9 Å². The molecule has 0 aliphatic carbocycles. The predicted octanol–water partition coefficient (Wildman–Crippen LogP) is 3.08. The second-order valence-electron chi connectivity index (χ2n) is 5.09. The molecule has 1 N–H and O–H groups in total. The Morgan fingerprint density at radius 3 is 2.19 bits per heavy atom. The van der Waals surface area contributed by atoms with Gasteiger partial charge in [-0.05, 0) is 37.1 Å². The van der Waals surface area contributed by atoms with Gasteiger partial charge >= 0.3 is 12.1 Å². The van der Waals surface area contributed by atoms with Crippen LogP contribution in [0.1, 0.15) is 25.7 Å². The molecular weight excluding hydrogens is 270 g/mol. The lowest BCUT2D eigenvalue weighted by Gasteiger charge is -2.28. The molecule has 2 aliphatic rings. The number of carbonyl (C=O) groups is 2. The van der Waals surface area contributed by atoms with Gasteiger partial charge in [0.05, 0.1) is 11.4 Å². The minimum atomic E-state index is -0.642. The number of imide groups is 1. The summed E-state index contributed by atoms with van der Waals surface area (Å²) in [6.45, 7) is 1.91. The molecule has 0 saturated carbocycles. The topological polar surface area (TPSA) is 77.4 Å². The van der Waals surface area contributed by atoms with Crippen LogP contribution in [-0.4, -0.2) is 25.2 Å². The van der Waals surface area contributed by atoms with E-state index in [0.717, 1.165) is 30.1 Å². The molecule has 0 radical (unpaired) electrons. The van der Waals surface area contributed by atoms with Crippen molar-refractivity contribution in [3.8, 4) is 0 Å². The van der Waals surface area contributed by atoms with Crippen LogP contribution in [-0.2, 0) is 0 Å². The molecule has 1 aromatic rings. The molecule has 21 heavy (non-hydrogen) atoms. The molecule has 1 saturated heterocycles. The second kappa shape index (κ2) is 6.01. The summed E-state index contributed by atoms with van der Waals surface area (Å²) in [5, 5.41) is 8.62. The van der Waals surface area contributed by atoms with Crippen LogP contribution >= 0.6 is 0 Å². The van der Waals surface area contributed by atoms with Crippen LogP contribution in [0, 0.1) is 0 Å². The number of carbonyl (C=O) groups excluding carboxylic acids is 2. The molecule has 4 amide bonds. The predicted molar refractivity (Wildman–Crippen MR) is 78.4 cm³/mol. The van der Waals surface area contributed by atoms with Gasteiger partial charge < -0.3 is 5.01 Å². The number of amides is 4. The molecule has 2 aliphatic heterocycles. The first-order chi connectivity index (χ1) is 10.3. The third kappa shape index (κ3) is 2.92. The monoisotopic (exact) mass is 287 g/mol. The van der Waals surface area contributed by atoms with E-state index in [9.17, 15) is 9.59 Å². The maximum Gasteiger partial charge on any atom is 0.375 e. The first-order valence-corrected chi connectivity index (χ1v) is 7.16. The van der Waals surface area contributed by atoms with Crippen LogP contribution in [0.25, 0.3) is 0 Å². The Morgan fingerprint density at radius 1 is 0.857 bits per heavy atom. The number of urea groups is 2. The van der Waals surface area contributed by atoms with E-state index < -0.39 is 12.1 Å². The highest BCUT2D eigenvalue weighted by molar-refractivity contribution is 6.17. The van der Waals surface area contributed by atoms with Crippen LogP contribution in [0.5, 0.6) is 0 Å². The number of nitrogens with zero attached hydrogens (tertiary/aromatic N) is 4. The van der Waals surface area contributed by atoms with E-state index in [4.69, 9.17) is 0 Å². The number of rotatable bonds is 2. The number of hydrogen-bond donors (Lipinski definition) is 1. The Labute approximate surface area is 122 Å². The van der Waals surface area contributed by atoms with Crippen LogP contribution < -0.4 is 15.3 Å². The van der Waals surface area contributed by atoms with Crippen LogP contribution in [0.2, 0.25) is 0 Å². The molecule has 7 heteroatoms. The average molecular weight is 287 g/mol. The van der Waals surface area contributed by atoms with E-state index in [1.807, 2.05) is 12.1 Å². The van der Waals surface area contributed by atoms with Crippen molar-refractivity contribution in [3.63, 3.8) is 0 Å².